The van der Waals surface area contributed by atoms with Crippen LogP contribution >= 0.6 is 12.4 Å². The number of hydrogen-bond donors (Lipinski definition) is 2. The van der Waals surface area contributed by atoms with Crippen LogP contribution in [0.2, 0.25) is 0 Å². The molecule has 4 aromatic rings. The Kier molecular flexibility index (Phi) is 5.86. The summed E-state index contributed by atoms with van der Waals surface area (Å²) in [6.07, 6.45) is 8.44. The number of aromatic nitrogens is 5. The van der Waals surface area contributed by atoms with Gasteiger partial charge in [0.25, 0.3) is 0 Å². The molecule has 1 atom stereocenters. The number of imidazole rings is 1. The SMILES string of the molecule is Cc1nn(C(C)C)cc1-c1nc2nccc(-c3ccc4c(c3)CCCCC4N)c2[nH]1.Cl. The first-order chi connectivity index (χ1) is 14.5. The van der Waals surface area contributed by atoms with Crippen LogP contribution in [-0.4, -0.2) is 24.7 Å². The zero-order valence-electron chi connectivity index (χ0n) is 18.2. The van der Waals surface area contributed by atoms with Crippen molar-refractivity contribution in [2.45, 2.75) is 58.5 Å². The van der Waals surface area contributed by atoms with Gasteiger partial charge in [0.1, 0.15) is 5.82 Å². The zero-order chi connectivity index (χ0) is 20.8. The number of aromatic amines is 1. The Labute approximate surface area is 188 Å². The number of rotatable bonds is 3. The van der Waals surface area contributed by atoms with E-state index in [0.717, 1.165) is 46.7 Å². The monoisotopic (exact) mass is 436 g/mol. The van der Waals surface area contributed by atoms with E-state index in [2.05, 4.69) is 59.4 Å². The molecule has 7 heteroatoms. The van der Waals surface area contributed by atoms with Gasteiger partial charge in [0, 0.05) is 30.0 Å². The second kappa shape index (κ2) is 8.44. The maximum Gasteiger partial charge on any atom is 0.178 e. The average Bonchev–Trinajstić information content (AvgIpc) is 3.28. The Balaban J connectivity index is 0.00000231. The number of fused-ring (bicyclic) bond motifs is 2. The topological polar surface area (TPSA) is 85.4 Å². The predicted molar refractivity (Wildman–Crippen MR) is 127 cm³/mol. The van der Waals surface area contributed by atoms with Crippen LogP contribution in [-0.2, 0) is 6.42 Å². The molecule has 1 aliphatic carbocycles. The van der Waals surface area contributed by atoms with Crippen LogP contribution in [0, 0.1) is 6.92 Å². The van der Waals surface area contributed by atoms with Gasteiger partial charge in [-0.1, -0.05) is 24.6 Å². The van der Waals surface area contributed by atoms with Crippen molar-refractivity contribution in [1.29, 1.82) is 0 Å². The van der Waals surface area contributed by atoms with E-state index in [1.807, 2.05) is 17.8 Å². The summed E-state index contributed by atoms with van der Waals surface area (Å²) in [5.41, 5.74) is 15.0. The highest BCUT2D eigenvalue weighted by Gasteiger charge is 2.18. The lowest BCUT2D eigenvalue weighted by Crippen LogP contribution is -2.10. The third-order valence-corrected chi connectivity index (χ3v) is 6.16. The normalized spacial score (nSPS) is 16.2. The summed E-state index contributed by atoms with van der Waals surface area (Å²) in [6.45, 7) is 6.27. The lowest BCUT2D eigenvalue weighted by Gasteiger charge is -2.14. The molecule has 1 aliphatic rings. The second-order valence-electron chi connectivity index (χ2n) is 8.61. The average molecular weight is 437 g/mol. The van der Waals surface area contributed by atoms with Crippen molar-refractivity contribution in [1.82, 2.24) is 24.7 Å². The lowest BCUT2D eigenvalue weighted by atomic mass is 9.94. The van der Waals surface area contributed by atoms with E-state index in [1.165, 1.54) is 29.5 Å². The van der Waals surface area contributed by atoms with Crippen LogP contribution in [0.15, 0.2) is 36.7 Å². The molecular weight excluding hydrogens is 408 g/mol. The maximum atomic E-state index is 6.40. The molecule has 3 N–H and O–H groups in total. The van der Waals surface area contributed by atoms with Gasteiger partial charge in [-0.3, -0.25) is 4.68 Å². The highest BCUT2D eigenvalue weighted by molar-refractivity contribution is 5.91. The van der Waals surface area contributed by atoms with Crippen molar-refractivity contribution in [3.05, 3.63) is 53.5 Å². The summed E-state index contributed by atoms with van der Waals surface area (Å²) in [6, 6.07) is 9.21. The van der Waals surface area contributed by atoms with Crippen molar-refractivity contribution in [3.63, 3.8) is 0 Å². The molecule has 0 amide bonds. The van der Waals surface area contributed by atoms with Crippen molar-refractivity contribution in [3.8, 4) is 22.5 Å². The molecule has 0 fully saturated rings. The first-order valence-electron chi connectivity index (χ1n) is 10.8. The summed E-state index contributed by atoms with van der Waals surface area (Å²) in [5, 5.41) is 4.63. The number of pyridine rings is 1. The molecule has 31 heavy (non-hydrogen) atoms. The van der Waals surface area contributed by atoms with E-state index >= 15 is 0 Å². The standard InChI is InChI=1S/C24H28N6.ClH/c1-14(2)30-13-20(15(3)29-30)23-27-22-19(10-11-26-24(22)28-23)17-8-9-18-16(12-17)6-4-5-7-21(18)25;/h8-14,21H,4-7,25H2,1-3H3,(H,26,27,28);1H. The molecule has 162 valence electrons. The molecule has 0 bridgehead atoms. The van der Waals surface area contributed by atoms with E-state index in [9.17, 15) is 0 Å². The molecule has 0 aliphatic heterocycles. The van der Waals surface area contributed by atoms with Crippen molar-refractivity contribution < 1.29 is 0 Å². The minimum absolute atomic E-state index is 0. The molecule has 0 saturated heterocycles. The Bertz CT molecular complexity index is 1220. The van der Waals surface area contributed by atoms with Crippen LogP contribution < -0.4 is 5.73 Å². The Morgan fingerprint density at radius 3 is 2.77 bits per heavy atom. The van der Waals surface area contributed by atoms with Gasteiger partial charge >= 0.3 is 0 Å². The minimum Gasteiger partial charge on any atom is -0.336 e. The highest BCUT2D eigenvalue weighted by Crippen LogP contribution is 2.34. The van der Waals surface area contributed by atoms with Crippen LogP contribution in [0.4, 0.5) is 0 Å². The van der Waals surface area contributed by atoms with Gasteiger partial charge in [-0.25, -0.2) is 9.97 Å². The highest BCUT2D eigenvalue weighted by atomic mass is 35.5. The van der Waals surface area contributed by atoms with E-state index in [4.69, 9.17) is 10.7 Å². The molecule has 3 heterocycles. The maximum absolute atomic E-state index is 6.40. The number of nitrogens with one attached hydrogen (secondary N) is 1. The second-order valence-corrected chi connectivity index (χ2v) is 8.61. The third-order valence-electron chi connectivity index (χ3n) is 6.16. The number of nitrogens with two attached hydrogens (primary N) is 1. The summed E-state index contributed by atoms with van der Waals surface area (Å²) < 4.78 is 1.97. The molecule has 5 rings (SSSR count). The molecule has 0 radical (unpaired) electrons. The van der Waals surface area contributed by atoms with E-state index in [-0.39, 0.29) is 18.4 Å². The zero-order valence-corrected chi connectivity index (χ0v) is 19.0. The van der Waals surface area contributed by atoms with Crippen LogP contribution in [0.5, 0.6) is 0 Å². The summed E-state index contributed by atoms with van der Waals surface area (Å²) in [4.78, 5) is 12.8. The first kappa shape index (κ1) is 21.5. The van der Waals surface area contributed by atoms with Gasteiger partial charge in [0.05, 0.1) is 16.8 Å². The summed E-state index contributed by atoms with van der Waals surface area (Å²) >= 11 is 0. The van der Waals surface area contributed by atoms with Gasteiger partial charge in [-0.2, -0.15) is 5.10 Å². The quantitative estimate of drug-likeness (QED) is 0.413. The number of benzene rings is 1. The number of hydrogen-bond acceptors (Lipinski definition) is 4. The number of halogens is 1. The van der Waals surface area contributed by atoms with Crippen LogP contribution in [0.1, 0.15) is 62.0 Å². The van der Waals surface area contributed by atoms with E-state index in [0.29, 0.717) is 6.04 Å². The fourth-order valence-electron chi connectivity index (χ4n) is 4.44. The molecular formula is C24H29ClN6. The van der Waals surface area contributed by atoms with Gasteiger partial charge < -0.3 is 10.7 Å². The summed E-state index contributed by atoms with van der Waals surface area (Å²) in [7, 11) is 0. The van der Waals surface area contributed by atoms with Gasteiger partial charge in [0.2, 0.25) is 0 Å². The number of aryl methyl sites for hydroxylation is 2. The molecule has 1 aromatic carbocycles. The molecule has 0 spiro atoms. The summed E-state index contributed by atoms with van der Waals surface area (Å²) in [5.74, 6) is 0.811. The lowest BCUT2D eigenvalue weighted by molar-refractivity contribution is 0.529. The van der Waals surface area contributed by atoms with Crippen molar-refractivity contribution >= 4 is 23.6 Å². The predicted octanol–water partition coefficient (Wildman–Crippen LogP) is 5.53. The minimum atomic E-state index is 0. The first-order valence-corrected chi connectivity index (χ1v) is 10.8. The fraction of sp³-hybridized carbons (Fsp3) is 0.375. The number of nitrogens with zero attached hydrogens (tertiary/aromatic N) is 4. The Morgan fingerprint density at radius 2 is 2.00 bits per heavy atom. The Morgan fingerprint density at radius 1 is 1.16 bits per heavy atom. The van der Waals surface area contributed by atoms with E-state index in [1.54, 1.807) is 0 Å². The fourth-order valence-corrected chi connectivity index (χ4v) is 4.44. The third kappa shape index (κ3) is 3.86. The largest absolute Gasteiger partial charge is 0.336 e. The van der Waals surface area contributed by atoms with Gasteiger partial charge in [-0.05, 0) is 62.8 Å². The van der Waals surface area contributed by atoms with E-state index < -0.39 is 0 Å². The smallest absolute Gasteiger partial charge is 0.178 e. The number of H-pyrrole nitrogens is 1. The van der Waals surface area contributed by atoms with Gasteiger partial charge in [-0.15, -0.1) is 12.4 Å². The van der Waals surface area contributed by atoms with Crippen LogP contribution in [0.3, 0.4) is 0 Å². The molecule has 0 saturated carbocycles. The van der Waals surface area contributed by atoms with Crippen molar-refractivity contribution in [2.75, 3.05) is 0 Å². The molecule has 6 nitrogen and oxygen atoms in total. The Hall–Kier alpha value is -2.70. The van der Waals surface area contributed by atoms with Crippen LogP contribution in [0.25, 0.3) is 33.7 Å². The van der Waals surface area contributed by atoms with Gasteiger partial charge in [0.15, 0.2) is 5.65 Å². The molecule has 1 unspecified atom stereocenters. The van der Waals surface area contributed by atoms with Crippen molar-refractivity contribution in [2.24, 2.45) is 5.73 Å². The molecule has 3 aromatic heterocycles.